The number of fused-ring (bicyclic) bond motifs is 1. The highest BCUT2D eigenvalue weighted by Crippen LogP contribution is 2.38. The lowest BCUT2D eigenvalue weighted by Gasteiger charge is -2.44. The number of likely N-dealkylation sites (tertiary alicyclic amines) is 2. The van der Waals surface area contributed by atoms with Gasteiger partial charge in [0.1, 0.15) is 5.00 Å². The largest absolute Gasteiger partial charge is 0.431 e. The van der Waals surface area contributed by atoms with Gasteiger partial charge in [-0.2, -0.15) is 0 Å². The maximum absolute atomic E-state index is 13.6. The van der Waals surface area contributed by atoms with E-state index in [0.29, 0.717) is 43.2 Å². The van der Waals surface area contributed by atoms with Crippen LogP contribution < -0.4 is 10.6 Å². The molecule has 1 atom stereocenters. The predicted octanol–water partition coefficient (Wildman–Crippen LogP) is 3.09. The number of urea groups is 1. The molecule has 1 spiro atoms. The maximum Gasteiger partial charge on any atom is 0.417 e. The van der Waals surface area contributed by atoms with E-state index in [9.17, 15) is 19.2 Å². The zero-order valence-electron chi connectivity index (χ0n) is 20.5. The van der Waals surface area contributed by atoms with Gasteiger partial charge in [-0.15, -0.1) is 11.3 Å². The number of carbonyl (C=O) groups excluding carboxylic acids is 4. The van der Waals surface area contributed by atoms with E-state index in [1.54, 1.807) is 14.0 Å². The number of imide groups is 1. The Balaban J connectivity index is 1.28. The second-order valence-corrected chi connectivity index (χ2v) is 10.6. The number of hydrogen-bond acceptors (Lipinski definition) is 7. The topological polar surface area (TPSA) is 111 Å². The van der Waals surface area contributed by atoms with Crippen LogP contribution in [-0.4, -0.2) is 90.1 Å². The van der Waals surface area contributed by atoms with Gasteiger partial charge in [0.15, 0.2) is 0 Å². The van der Waals surface area contributed by atoms with Crippen molar-refractivity contribution in [2.24, 2.45) is 0 Å². The molecule has 36 heavy (non-hydrogen) atoms. The third-order valence-corrected chi connectivity index (χ3v) is 8.56. The van der Waals surface area contributed by atoms with Crippen LogP contribution in [-0.2, 0) is 9.53 Å². The molecule has 0 saturated carbocycles. The molecule has 4 heterocycles. The van der Waals surface area contributed by atoms with Gasteiger partial charge in [0, 0.05) is 49.4 Å². The first-order valence-electron chi connectivity index (χ1n) is 12.5. The van der Waals surface area contributed by atoms with Gasteiger partial charge in [-0.05, 0) is 45.2 Å². The van der Waals surface area contributed by atoms with E-state index in [0.717, 1.165) is 35.9 Å². The molecule has 2 aromatic rings. The van der Waals surface area contributed by atoms with Crippen LogP contribution in [0.15, 0.2) is 24.3 Å². The maximum atomic E-state index is 13.6. The number of carbonyl (C=O) groups is 4. The normalized spacial score (nSPS) is 23.4. The van der Waals surface area contributed by atoms with Crippen molar-refractivity contribution in [3.63, 3.8) is 0 Å². The Bertz CT molecular complexity index is 1210. The van der Waals surface area contributed by atoms with Crippen LogP contribution in [0.4, 0.5) is 14.6 Å². The first-order valence-corrected chi connectivity index (χ1v) is 13.3. The molecule has 5 rings (SSSR count). The minimum absolute atomic E-state index is 0.0918. The molecule has 1 unspecified atom stereocenters. The summed E-state index contributed by atoms with van der Waals surface area (Å²) in [5, 5.41) is 6.73. The van der Waals surface area contributed by atoms with Crippen molar-refractivity contribution in [2.75, 3.05) is 45.1 Å². The van der Waals surface area contributed by atoms with Crippen LogP contribution in [0.25, 0.3) is 10.1 Å². The van der Waals surface area contributed by atoms with Crippen molar-refractivity contribution in [1.82, 2.24) is 20.0 Å². The Morgan fingerprint density at radius 3 is 2.61 bits per heavy atom. The third kappa shape index (κ3) is 4.20. The van der Waals surface area contributed by atoms with Crippen LogP contribution in [0.3, 0.4) is 0 Å². The van der Waals surface area contributed by atoms with Crippen molar-refractivity contribution in [3.8, 4) is 0 Å². The van der Waals surface area contributed by atoms with Crippen molar-refractivity contribution in [2.45, 2.75) is 44.2 Å². The summed E-state index contributed by atoms with van der Waals surface area (Å²) in [7, 11) is 1.54. The van der Waals surface area contributed by atoms with Gasteiger partial charge in [0.2, 0.25) is 5.60 Å². The summed E-state index contributed by atoms with van der Waals surface area (Å²) < 4.78 is 6.56. The lowest BCUT2D eigenvalue weighted by atomic mass is 9.89. The number of nitrogens with zero attached hydrogens (tertiary/aromatic N) is 3. The van der Waals surface area contributed by atoms with E-state index in [1.807, 2.05) is 29.2 Å². The molecule has 192 valence electrons. The fourth-order valence-electron chi connectivity index (χ4n) is 5.59. The van der Waals surface area contributed by atoms with Crippen molar-refractivity contribution < 1.29 is 23.9 Å². The van der Waals surface area contributed by atoms with E-state index in [1.165, 1.54) is 16.2 Å². The average molecular weight is 514 g/mol. The number of nitrogens with one attached hydrogen (secondary N) is 2. The highest BCUT2D eigenvalue weighted by atomic mass is 32.1. The van der Waals surface area contributed by atoms with Crippen LogP contribution in [0.1, 0.15) is 43.0 Å². The first-order chi connectivity index (χ1) is 17.4. The monoisotopic (exact) mass is 513 g/mol. The number of ether oxygens (including phenoxy) is 1. The highest BCUT2D eigenvalue weighted by molar-refractivity contribution is 7.23. The van der Waals surface area contributed by atoms with E-state index < -0.39 is 11.7 Å². The number of likely N-dealkylation sites (N-methyl/N-ethyl adjacent to an activating group) is 1. The van der Waals surface area contributed by atoms with Crippen LogP contribution in [0.5, 0.6) is 0 Å². The number of anilines is 1. The summed E-state index contributed by atoms with van der Waals surface area (Å²) in [5.41, 5.74) is -0.549. The molecule has 3 aliphatic rings. The SMILES string of the molecule is CCN1C(=O)OC2(CCCN(C3CCN(C(=O)c4c(NC(=O)NC)sc5ccccc45)CC3)C2)C1=O. The Hall–Kier alpha value is -3.18. The van der Waals surface area contributed by atoms with E-state index in [4.69, 9.17) is 4.74 Å². The summed E-state index contributed by atoms with van der Waals surface area (Å²) in [4.78, 5) is 56.1. The Morgan fingerprint density at radius 2 is 1.92 bits per heavy atom. The average Bonchev–Trinajstić information content (AvgIpc) is 3.36. The van der Waals surface area contributed by atoms with Gasteiger partial charge >= 0.3 is 12.1 Å². The summed E-state index contributed by atoms with van der Waals surface area (Å²) in [6.45, 7) is 4.48. The number of benzene rings is 1. The molecule has 0 radical (unpaired) electrons. The molecular formula is C25H31N5O5S. The second-order valence-electron chi connectivity index (χ2n) is 9.52. The molecule has 3 saturated heterocycles. The minimum Gasteiger partial charge on any atom is -0.431 e. The van der Waals surface area contributed by atoms with Crippen LogP contribution in [0, 0.1) is 0 Å². The highest BCUT2D eigenvalue weighted by Gasteiger charge is 2.55. The van der Waals surface area contributed by atoms with Gasteiger partial charge in [0.25, 0.3) is 11.8 Å². The molecule has 0 aliphatic carbocycles. The number of rotatable bonds is 4. The minimum atomic E-state index is -1.08. The van der Waals surface area contributed by atoms with E-state index in [-0.39, 0.29) is 23.9 Å². The molecule has 3 aliphatic heterocycles. The Morgan fingerprint density at radius 1 is 1.17 bits per heavy atom. The van der Waals surface area contributed by atoms with E-state index in [2.05, 4.69) is 15.5 Å². The second kappa shape index (κ2) is 9.70. The van der Waals surface area contributed by atoms with Gasteiger partial charge < -0.3 is 15.0 Å². The van der Waals surface area contributed by atoms with Gasteiger partial charge in [0.05, 0.1) is 5.56 Å². The zero-order valence-corrected chi connectivity index (χ0v) is 21.4. The molecule has 3 fully saturated rings. The summed E-state index contributed by atoms with van der Waals surface area (Å²) in [6, 6.07) is 7.51. The third-order valence-electron chi connectivity index (χ3n) is 7.47. The zero-order chi connectivity index (χ0) is 25.4. The molecule has 1 aromatic carbocycles. The van der Waals surface area contributed by atoms with Crippen LogP contribution in [0.2, 0.25) is 0 Å². The van der Waals surface area contributed by atoms with Gasteiger partial charge in [-0.1, -0.05) is 18.2 Å². The Labute approximate surface area is 213 Å². The lowest BCUT2D eigenvalue weighted by molar-refractivity contribution is -0.142. The van der Waals surface area contributed by atoms with Crippen molar-refractivity contribution in [3.05, 3.63) is 29.8 Å². The quantitative estimate of drug-likeness (QED) is 0.650. The molecule has 0 bridgehead atoms. The number of piperidine rings is 2. The fourth-order valence-corrected chi connectivity index (χ4v) is 6.68. The molecule has 1 aromatic heterocycles. The van der Waals surface area contributed by atoms with E-state index >= 15 is 0 Å². The summed E-state index contributed by atoms with van der Waals surface area (Å²) in [5.74, 6) is -0.321. The molecule has 11 heteroatoms. The first kappa shape index (κ1) is 24.5. The molecule has 10 nitrogen and oxygen atoms in total. The number of thiophene rings is 1. The lowest BCUT2D eigenvalue weighted by Crippen LogP contribution is -2.58. The van der Waals surface area contributed by atoms with Crippen molar-refractivity contribution >= 4 is 50.4 Å². The Kier molecular flexibility index (Phi) is 6.60. The molecule has 2 N–H and O–H groups in total. The van der Waals surface area contributed by atoms with Gasteiger partial charge in [-0.25, -0.2) is 14.5 Å². The van der Waals surface area contributed by atoms with Crippen LogP contribution >= 0.6 is 11.3 Å². The van der Waals surface area contributed by atoms with Crippen molar-refractivity contribution in [1.29, 1.82) is 0 Å². The summed E-state index contributed by atoms with van der Waals surface area (Å²) >= 11 is 1.39. The molecule has 5 amide bonds. The number of amides is 5. The standard InChI is InChI=1S/C25H31N5O5S/c1-3-30-22(32)25(35-24(30)34)11-6-12-29(15-25)16-9-13-28(14-10-16)21(31)19-17-7-4-5-8-18(17)36-20(19)27-23(33)26-2/h4-5,7-8,16H,3,6,9-15H2,1-2H3,(H2,26,27,33). The van der Waals surface area contributed by atoms with Gasteiger partial charge in [-0.3, -0.25) is 19.8 Å². The molecular weight excluding hydrogens is 482 g/mol. The fraction of sp³-hybridized carbons (Fsp3) is 0.520. The predicted molar refractivity (Wildman–Crippen MR) is 136 cm³/mol. The number of hydrogen-bond donors (Lipinski definition) is 2. The smallest absolute Gasteiger partial charge is 0.417 e. The summed E-state index contributed by atoms with van der Waals surface area (Å²) in [6.07, 6.45) is 2.32.